The number of amides is 1. The van der Waals surface area contributed by atoms with Crippen molar-refractivity contribution in [1.29, 1.82) is 0 Å². The van der Waals surface area contributed by atoms with Crippen molar-refractivity contribution in [3.05, 3.63) is 60.8 Å². The largest absolute Gasteiger partial charge is 0.439 e. The normalized spacial score (nSPS) is 11.2. The fraction of sp³-hybridized carbons (Fsp3) is 0.167. The molecular weight excluding hydrogens is 308 g/mol. The number of pyridine rings is 1. The van der Waals surface area contributed by atoms with E-state index in [2.05, 4.69) is 16.9 Å². The highest BCUT2D eigenvalue weighted by Gasteiger charge is 2.14. The zero-order valence-corrected chi connectivity index (χ0v) is 13.5. The maximum absolute atomic E-state index is 11.9. The molecule has 124 valence electrons. The van der Waals surface area contributed by atoms with Crippen LogP contribution in [0.25, 0.3) is 11.3 Å². The van der Waals surface area contributed by atoms with Crippen molar-refractivity contribution in [3.63, 3.8) is 0 Å². The van der Waals surface area contributed by atoms with Gasteiger partial charge in [-0.05, 0) is 38.1 Å². The van der Waals surface area contributed by atoms with Gasteiger partial charge in [-0.3, -0.25) is 10.3 Å². The molecule has 0 spiro atoms. The number of nitrogens with one attached hydrogen (secondary N) is 1. The lowest BCUT2D eigenvalue weighted by Gasteiger charge is -2.15. The van der Waals surface area contributed by atoms with Gasteiger partial charge in [0, 0.05) is 17.3 Å². The molecule has 2 rings (SSSR count). The predicted octanol–water partition coefficient (Wildman–Crippen LogP) is 3.30. The molecule has 6 nitrogen and oxygen atoms in total. The summed E-state index contributed by atoms with van der Waals surface area (Å²) in [5.74, 6) is -0.228. The van der Waals surface area contributed by atoms with Crippen LogP contribution in [0, 0.1) is 0 Å². The van der Waals surface area contributed by atoms with E-state index in [-0.39, 0.29) is 5.57 Å². The smallest absolute Gasteiger partial charge is 0.415 e. The van der Waals surface area contributed by atoms with Crippen LogP contribution in [0.3, 0.4) is 0 Å². The first kappa shape index (κ1) is 17.2. The van der Waals surface area contributed by atoms with Gasteiger partial charge in [-0.1, -0.05) is 24.8 Å². The van der Waals surface area contributed by atoms with E-state index in [1.165, 1.54) is 13.8 Å². The number of hydrogen-bond acceptors (Lipinski definition) is 5. The van der Waals surface area contributed by atoms with E-state index in [9.17, 15) is 9.59 Å². The van der Waals surface area contributed by atoms with Gasteiger partial charge in [-0.25, -0.2) is 9.59 Å². The second-order valence-corrected chi connectivity index (χ2v) is 5.10. The Labute approximate surface area is 140 Å². The third-order valence-corrected chi connectivity index (χ3v) is 2.96. The summed E-state index contributed by atoms with van der Waals surface area (Å²) < 4.78 is 10.2. The predicted molar refractivity (Wildman–Crippen MR) is 89.2 cm³/mol. The van der Waals surface area contributed by atoms with Crippen LogP contribution < -0.4 is 10.1 Å². The third kappa shape index (κ3) is 4.95. The maximum atomic E-state index is 11.9. The molecule has 1 N–H and O–H groups in total. The molecule has 0 bridgehead atoms. The number of benzene rings is 1. The lowest BCUT2D eigenvalue weighted by Crippen LogP contribution is -2.38. The van der Waals surface area contributed by atoms with Gasteiger partial charge in [0.1, 0.15) is 5.75 Å². The minimum Gasteiger partial charge on any atom is -0.439 e. The van der Waals surface area contributed by atoms with E-state index in [0.717, 1.165) is 11.3 Å². The van der Waals surface area contributed by atoms with Gasteiger partial charge >= 0.3 is 12.1 Å². The lowest BCUT2D eigenvalue weighted by atomic mass is 10.1. The van der Waals surface area contributed by atoms with E-state index >= 15 is 0 Å². The Hall–Kier alpha value is -3.15. The van der Waals surface area contributed by atoms with Crippen molar-refractivity contribution in [1.82, 2.24) is 10.3 Å². The van der Waals surface area contributed by atoms with Crippen molar-refractivity contribution in [2.24, 2.45) is 0 Å². The molecule has 0 aliphatic rings. The second-order valence-electron chi connectivity index (χ2n) is 5.10. The third-order valence-electron chi connectivity index (χ3n) is 2.96. The molecule has 1 aromatic heterocycles. The number of carbonyl (C=O) groups is 2. The Kier molecular flexibility index (Phi) is 5.68. The molecule has 0 aliphatic heterocycles. The van der Waals surface area contributed by atoms with Gasteiger partial charge in [0.05, 0.1) is 5.69 Å². The number of rotatable bonds is 5. The minimum atomic E-state index is -0.833. The quantitative estimate of drug-likeness (QED) is 0.518. The number of nitrogens with zero attached hydrogens (tertiary/aromatic N) is 1. The highest BCUT2D eigenvalue weighted by Crippen LogP contribution is 2.21. The summed E-state index contributed by atoms with van der Waals surface area (Å²) in [7, 11) is 0. The maximum Gasteiger partial charge on any atom is 0.415 e. The Balaban J connectivity index is 1.97. The average Bonchev–Trinajstić information content (AvgIpc) is 2.55. The average molecular weight is 326 g/mol. The number of aromatic nitrogens is 1. The topological polar surface area (TPSA) is 77.5 Å². The van der Waals surface area contributed by atoms with Gasteiger partial charge < -0.3 is 9.47 Å². The van der Waals surface area contributed by atoms with Gasteiger partial charge in [-0.15, -0.1) is 0 Å². The zero-order chi connectivity index (χ0) is 17.5. The van der Waals surface area contributed by atoms with Crippen LogP contribution in [0.5, 0.6) is 5.75 Å². The van der Waals surface area contributed by atoms with Gasteiger partial charge in [0.25, 0.3) is 0 Å². The summed E-state index contributed by atoms with van der Waals surface area (Å²) in [5.41, 5.74) is 1.84. The molecule has 2 aromatic rings. The van der Waals surface area contributed by atoms with Crippen molar-refractivity contribution in [2.75, 3.05) is 0 Å². The molecule has 1 heterocycles. The highest BCUT2D eigenvalue weighted by molar-refractivity contribution is 5.87. The first-order chi connectivity index (χ1) is 11.5. The molecule has 6 heteroatoms. The van der Waals surface area contributed by atoms with Crippen LogP contribution in [0.2, 0.25) is 0 Å². The number of ether oxygens (including phenoxy) is 2. The number of esters is 1. The fourth-order valence-corrected chi connectivity index (χ4v) is 1.85. The summed E-state index contributed by atoms with van der Waals surface area (Å²) in [6.45, 7) is 6.51. The standard InChI is InChI=1S/C18H18N2O4/c1-12(2)17(21)23-13(3)20-18(22)24-15-8-6-7-14(11-15)16-9-4-5-10-19-16/h4-11,13H,1H2,2-3H3,(H,20,22). The van der Waals surface area contributed by atoms with Gasteiger partial charge in [0.2, 0.25) is 0 Å². The van der Waals surface area contributed by atoms with Crippen LogP contribution in [0.15, 0.2) is 60.8 Å². The minimum absolute atomic E-state index is 0.250. The Bertz CT molecular complexity index is 744. The first-order valence-corrected chi connectivity index (χ1v) is 7.32. The molecule has 0 saturated heterocycles. The lowest BCUT2D eigenvalue weighted by molar-refractivity contribution is -0.144. The first-order valence-electron chi connectivity index (χ1n) is 7.32. The molecule has 24 heavy (non-hydrogen) atoms. The van der Waals surface area contributed by atoms with Crippen molar-refractivity contribution < 1.29 is 19.1 Å². The molecule has 1 amide bonds. The molecule has 0 fully saturated rings. The monoisotopic (exact) mass is 326 g/mol. The van der Waals surface area contributed by atoms with Gasteiger partial charge in [-0.2, -0.15) is 0 Å². The number of hydrogen-bond donors (Lipinski definition) is 1. The van der Waals surface area contributed by atoms with Crippen molar-refractivity contribution in [3.8, 4) is 17.0 Å². The molecule has 1 aromatic carbocycles. The Morgan fingerprint density at radius 1 is 1.21 bits per heavy atom. The zero-order valence-electron chi connectivity index (χ0n) is 13.5. The molecule has 1 unspecified atom stereocenters. The van der Waals surface area contributed by atoms with Gasteiger partial charge in [0.15, 0.2) is 6.23 Å². The van der Waals surface area contributed by atoms with Crippen LogP contribution in [0.4, 0.5) is 4.79 Å². The molecule has 1 atom stereocenters. The summed E-state index contributed by atoms with van der Waals surface area (Å²) in [4.78, 5) is 27.5. The van der Waals surface area contributed by atoms with E-state index in [1.807, 2.05) is 24.3 Å². The van der Waals surface area contributed by atoms with E-state index in [1.54, 1.807) is 24.4 Å². The molecule has 0 saturated carbocycles. The number of carbonyl (C=O) groups excluding carboxylic acids is 2. The molecule has 0 aliphatic carbocycles. The van der Waals surface area contributed by atoms with Crippen LogP contribution >= 0.6 is 0 Å². The van der Waals surface area contributed by atoms with Crippen molar-refractivity contribution >= 4 is 12.1 Å². The van der Waals surface area contributed by atoms with Crippen LogP contribution in [0.1, 0.15) is 13.8 Å². The molecular formula is C18H18N2O4. The summed E-state index contributed by atoms with van der Waals surface area (Å²) in [5, 5.41) is 2.41. The summed E-state index contributed by atoms with van der Waals surface area (Å²) >= 11 is 0. The highest BCUT2D eigenvalue weighted by atomic mass is 16.6. The van der Waals surface area contributed by atoms with Crippen LogP contribution in [-0.4, -0.2) is 23.3 Å². The Morgan fingerprint density at radius 3 is 2.67 bits per heavy atom. The van der Waals surface area contributed by atoms with E-state index in [0.29, 0.717) is 5.75 Å². The SMILES string of the molecule is C=C(C)C(=O)OC(C)NC(=O)Oc1cccc(-c2ccccn2)c1. The Morgan fingerprint density at radius 2 is 2.00 bits per heavy atom. The van der Waals surface area contributed by atoms with E-state index in [4.69, 9.17) is 9.47 Å². The summed E-state index contributed by atoms with van der Waals surface area (Å²) in [6, 6.07) is 12.5. The van der Waals surface area contributed by atoms with Crippen molar-refractivity contribution in [2.45, 2.75) is 20.1 Å². The second kappa shape index (κ2) is 7.92. The van der Waals surface area contributed by atoms with E-state index < -0.39 is 18.3 Å². The van der Waals surface area contributed by atoms with Crippen LogP contribution in [-0.2, 0) is 9.53 Å². The summed E-state index contributed by atoms with van der Waals surface area (Å²) in [6.07, 6.45) is 0.128. The fourth-order valence-electron chi connectivity index (χ4n) is 1.85. The molecule has 0 radical (unpaired) electrons.